The molecule has 48 heavy (non-hydrogen) atoms. The topological polar surface area (TPSA) is 186 Å². The lowest BCUT2D eigenvalue weighted by Crippen LogP contribution is -2.60. The first kappa shape index (κ1) is 44.7. The van der Waals surface area contributed by atoms with E-state index in [0.717, 1.165) is 38.5 Å². The molecule has 0 amide bonds. The van der Waals surface area contributed by atoms with E-state index < -0.39 is 71.2 Å². The van der Waals surface area contributed by atoms with Gasteiger partial charge in [-0.2, -0.15) is 8.42 Å². The van der Waals surface area contributed by atoms with Crippen molar-refractivity contribution in [1.82, 2.24) is 0 Å². The van der Waals surface area contributed by atoms with Gasteiger partial charge in [-0.05, 0) is 12.8 Å². The van der Waals surface area contributed by atoms with Gasteiger partial charge in [0.05, 0.1) is 6.61 Å². The monoisotopic (exact) mass is 710 g/mol. The summed E-state index contributed by atoms with van der Waals surface area (Å²) in [6, 6.07) is 0. The molecule has 12 nitrogen and oxygen atoms in total. The summed E-state index contributed by atoms with van der Waals surface area (Å²) in [6.07, 6.45) is 13.3. The van der Waals surface area contributed by atoms with E-state index in [1.807, 2.05) is 0 Å². The largest absolute Gasteiger partial charge is 0.462 e. The van der Waals surface area contributed by atoms with Crippen molar-refractivity contribution >= 4 is 22.1 Å². The van der Waals surface area contributed by atoms with E-state index in [-0.39, 0.29) is 19.4 Å². The van der Waals surface area contributed by atoms with E-state index in [2.05, 4.69) is 13.8 Å². The van der Waals surface area contributed by atoms with Crippen molar-refractivity contribution in [3.05, 3.63) is 0 Å². The summed E-state index contributed by atoms with van der Waals surface area (Å²) in [6.45, 7) is 3.69. The fourth-order valence-electron chi connectivity index (χ4n) is 5.73. The molecule has 1 saturated heterocycles. The summed E-state index contributed by atoms with van der Waals surface area (Å²) in [5.74, 6) is -1.98. The molecule has 1 rings (SSSR count). The SMILES string of the molecule is CCCCCCCCCCCCCCC(=O)O[C@H](COC(=O)CCCCCCCCCC)CO[C@H]1O[C@H](CS(=O)(=O)O)[C@@H](O)C(O)C1O. The number of aliphatic hydroxyl groups is 3. The zero-order valence-electron chi connectivity index (χ0n) is 29.6. The molecule has 1 aliphatic heterocycles. The van der Waals surface area contributed by atoms with Crippen LogP contribution in [0.1, 0.15) is 155 Å². The Morgan fingerprint density at radius 2 is 1.06 bits per heavy atom. The van der Waals surface area contributed by atoms with Gasteiger partial charge in [0.15, 0.2) is 12.4 Å². The average molecular weight is 711 g/mol. The third-order valence-electron chi connectivity index (χ3n) is 8.69. The lowest BCUT2D eigenvalue weighted by atomic mass is 10.00. The van der Waals surface area contributed by atoms with Gasteiger partial charge in [0.25, 0.3) is 10.1 Å². The molecule has 4 N–H and O–H groups in total. The normalized spacial score (nSPS) is 22.0. The Morgan fingerprint density at radius 1 is 0.625 bits per heavy atom. The average Bonchev–Trinajstić information content (AvgIpc) is 3.04. The van der Waals surface area contributed by atoms with Crippen LogP contribution in [0.3, 0.4) is 0 Å². The predicted octanol–water partition coefficient (Wildman–Crippen LogP) is 5.78. The molecule has 0 radical (unpaired) electrons. The van der Waals surface area contributed by atoms with E-state index in [1.165, 1.54) is 77.0 Å². The van der Waals surface area contributed by atoms with Gasteiger partial charge < -0.3 is 34.3 Å². The van der Waals surface area contributed by atoms with Crippen molar-refractivity contribution < 1.29 is 56.8 Å². The first-order valence-electron chi connectivity index (χ1n) is 18.6. The number of unbranched alkanes of at least 4 members (excludes halogenated alkanes) is 18. The highest BCUT2D eigenvalue weighted by molar-refractivity contribution is 7.85. The minimum absolute atomic E-state index is 0.171. The Kier molecular flexibility index (Phi) is 25.5. The maximum Gasteiger partial charge on any atom is 0.306 e. The molecule has 1 heterocycles. The summed E-state index contributed by atoms with van der Waals surface area (Å²) in [4.78, 5) is 25.1. The molecule has 284 valence electrons. The summed E-state index contributed by atoms with van der Waals surface area (Å²) in [7, 11) is -4.59. The Balaban J connectivity index is 2.54. The summed E-state index contributed by atoms with van der Waals surface area (Å²) >= 11 is 0. The summed E-state index contributed by atoms with van der Waals surface area (Å²) in [5, 5.41) is 30.6. The Labute approximate surface area is 289 Å². The molecule has 0 aromatic rings. The molecule has 2 unspecified atom stereocenters. The van der Waals surface area contributed by atoms with Crippen LogP contribution in [0, 0.1) is 0 Å². The fourth-order valence-corrected chi connectivity index (χ4v) is 6.43. The van der Waals surface area contributed by atoms with Gasteiger partial charge in [0.2, 0.25) is 0 Å². The van der Waals surface area contributed by atoms with Crippen molar-refractivity contribution in [2.24, 2.45) is 0 Å². The smallest absolute Gasteiger partial charge is 0.306 e. The van der Waals surface area contributed by atoms with Crippen LogP contribution >= 0.6 is 0 Å². The summed E-state index contributed by atoms with van der Waals surface area (Å²) in [5.41, 5.74) is 0. The van der Waals surface area contributed by atoms with Crippen molar-refractivity contribution in [2.45, 2.75) is 192 Å². The van der Waals surface area contributed by atoms with E-state index in [4.69, 9.17) is 18.9 Å². The first-order chi connectivity index (χ1) is 23.0. The maximum absolute atomic E-state index is 12.7. The molecule has 0 saturated carbocycles. The zero-order chi connectivity index (χ0) is 35.6. The van der Waals surface area contributed by atoms with Crippen LogP contribution in [0.5, 0.6) is 0 Å². The lowest BCUT2D eigenvalue weighted by Gasteiger charge is -2.40. The van der Waals surface area contributed by atoms with Crippen molar-refractivity contribution in [1.29, 1.82) is 0 Å². The van der Waals surface area contributed by atoms with E-state index in [1.54, 1.807) is 0 Å². The van der Waals surface area contributed by atoms with Crippen LogP contribution in [-0.4, -0.2) is 96.0 Å². The molecule has 0 bridgehead atoms. The van der Waals surface area contributed by atoms with Crippen molar-refractivity contribution in [3.63, 3.8) is 0 Å². The second-order valence-electron chi connectivity index (χ2n) is 13.3. The van der Waals surface area contributed by atoms with E-state index in [9.17, 15) is 37.9 Å². The van der Waals surface area contributed by atoms with Crippen molar-refractivity contribution in [2.75, 3.05) is 19.0 Å². The quantitative estimate of drug-likeness (QED) is 0.0401. The highest BCUT2D eigenvalue weighted by Gasteiger charge is 2.46. The number of carbonyl (C=O) groups excluding carboxylic acids is 2. The molecular weight excluding hydrogens is 644 g/mol. The molecular formula is C35H66O12S. The van der Waals surface area contributed by atoms with E-state index in [0.29, 0.717) is 12.8 Å². The maximum atomic E-state index is 12.7. The number of rotatable bonds is 30. The number of carbonyl (C=O) groups is 2. The summed E-state index contributed by atoms with van der Waals surface area (Å²) < 4.78 is 53.6. The number of hydrogen-bond acceptors (Lipinski definition) is 11. The van der Waals surface area contributed by atoms with Gasteiger partial charge in [-0.3, -0.25) is 14.1 Å². The third-order valence-corrected chi connectivity index (χ3v) is 9.44. The molecule has 6 atom stereocenters. The van der Waals surface area contributed by atoms with Crippen LogP contribution in [0.4, 0.5) is 0 Å². The predicted molar refractivity (Wildman–Crippen MR) is 183 cm³/mol. The highest BCUT2D eigenvalue weighted by atomic mass is 32.2. The van der Waals surface area contributed by atoms with Gasteiger partial charge in [-0.15, -0.1) is 0 Å². The molecule has 1 aliphatic rings. The first-order valence-corrected chi connectivity index (χ1v) is 20.2. The van der Waals surface area contributed by atoms with Crippen molar-refractivity contribution in [3.8, 4) is 0 Å². The van der Waals surface area contributed by atoms with Gasteiger partial charge in [-0.1, -0.05) is 129 Å². The molecule has 13 heteroatoms. The Morgan fingerprint density at radius 3 is 1.52 bits per heavy atom. The van der Waals surface area contributed by atoms with Crippen LogP contribution in [0.25, 0.3) is 0 Å². The number of hydrogen-bond donors (Lipinski definition) is 4. The molecule has 0 aromatic carbocycles. The zero-order valence-corrected chi connectivity index (χ0v) is 30.4. The van der Waals surface area contributed by atoms with Gasteiger partial charge >= 0.3 is 11.9 Å². The molecule has 0 spiro atoms. The highest BCUT2D eigenvalue weighted by Crippen LogP contribution is 2.24. The molecule has 0 aliphatic carbocycles. The molecule has 1 fully saturated rings. The van der Waals surface area contributed by atoms with Crippen LogP contribution < -0.4 is 0 Å². The Hall–Kier alpha value is -1.35. The minimum atomic E-state index is -4.59. The van der Waals surface area contributed by atoms with Crippen LogP contribution in [0.15, 0.2) is 0 Å². The number of ether oxygens (including phenoxy) is 4. The minimum Gasteiger partial charge on any atom is -0.462 e. The molecule has 0 aromatic heterocycles. The van der Waals surface area contributed by atoms with Gasteiger partial charge in [0, 0.05) is 12.8 Å². The van der Waals surface area contributed by atoms with Crippen LogP contribution in [0.2, 0.25) is 0 Å². The van der Waals surface area contributed by atoms with Gasteiger partial charge in [-0.25, -0.2) is 0 Å². The lowest BCUT2D eigenvalue weighted by molar-refractivity contribution is -0.297. The second-order valence-corrected chi connectivity index (χ2v) is 14.8. The van der Waals surface area contributed by atoms with Crippen LogP contribution in [-0.2, 0) is 38.7 Å². The number of aliphatic hydroxyl groups excluding tert-OH is 3. The second kappa shape index (κ2) is 27.4. The van der Waals surface area contributed by atoms with Gasteiger partial charge in [0.1, 0.15) is 36.8 Å². The Bertz CT molecular complexity index is 931. The number of esters is 2. The standard InChI is InChI=1S/C35H66O12S/c1-3-5-7-9-11-13-14-15-16-18-20-22-24-31(37)46-28(25-44-30(36)23-21-19-17-12-10-8-6-4-2)26-45-35-34(40)33(39)32(38)29(47-35)27-48(41,42)43/h28-29,32-35,38-40H,3-27H2,1-2H3,(H,41,42,43)/t28-,29-,32-,33?,34?,35+/m1/s1. The fraction of sp³-hybridized carbons (Fsp3) is 0.943. The third kappa shape index (κ3) is 22.4. The van der Waals surface area contributed by atoms with E-state index >= 15 is 0 Å².